The van der Waals surface area contributed by atoms with Crippen LogP contribution in [0.2, 0.25) is 0 Å². The molecule has 2 heteroatoms. The lowest BCUT2D eigenvalue weighted by molar-refractivity contribution is -0.00546. The zero-order valence-electron chi connectivity index (χ0n) is 17.8. The Balaban J connectivity index is 0.00000218. The summed E-state index contributed by atoms with van der Waals surface area (Å²) in [6.07, 6.45) is 6.42. The molecule has 2 atom stereocenters. The second kappa shape index (κ2) is 8.45. The molecule has 2 unspecified atom stereocenters. The summed E-state index contributed by atoms with van der Waals surface area (Å²) in [4.78, 5) is 0. The molecule has 30 heavy (non-hydrogen) atoms. The van der Waals surface area contributed by atoms with Crippen molar-refractivity contribution < 1.29 is 17.0 Å². The summed E-state index contributed by atoms with van der Waals surface area (Å²) in [5, 5.41) is 4.49. The molecule has 0 spiro atoms. The largest absolute Gasteiger partial charge is 1.00 e. The van der Waals surface area contributed by atoms with Gasteiger partial charge in [0.25, 0.3) is 0 Å². The SMILES string of the molecule is CC1(C)C2CC=C(C[P+](c3ccccc3)(c3ccccc3)c3ccccc3)C1C2.[Br-]. The summed E-state index contributed by atoms with van der Waals surface area (Å²) < 4.78 is 0. The van der Waals surface area contributed by atoms with Crippen molar-refractivity contribution >= 4 is 23.2 Å². The van der Waals surface area contributed by atoms with Gasteiger partial charge in [-0.1, -0.05) is 74.5 Å². The first kappa shape index (κ1) is 21.5. The van der Waals surface area contributed by atoms with E-state index in [4.69, 9.17) is 0 Å². The predicted octanol–water partition coefficient (Wildman–Crippen LogP) is 2.98. The van der Waals surface area contributed by atoms with Gasteiger partial charge in [-0.2, -0.15) is 0 Å². The van der Waals surface area contributed by atoms with Gasteiger partial charge in [-0.05, 0) is 72.1 Å². The normalized spacial score (nSPS) is 21.7. The van der Waals surface area contributed by atoms with Crippen molar-refractivity contribution in [3.63, 3.8) is 0 Å². The van der Waals surface area contributed by atoms with E-state index in [1.165, 1.54) is 34.9 Å². The molecule has 1 saturated carbocycles. The maximum Gasteiger partial charge on any atom is 0.116 e. The van der Waals surface area contributed by atoms with Crippen LogP contribution in [0.5, 0.6) is 0 Å². The van der Waals surface area contributed by atoms with Crippen LogP contribution in [0.3, 0.4) is 0 Å². The van der Waals surface area contributed by atoms with Crippen LogP contribution < -0.4 is 32.9 Å². The molecule has 154 valence electrons. The number of allylic oxidation sites excluding steroid dienone is 2. The first-order valence-electron chi connectivity index (χ1n) is 10.9. The molecule has 1 fully saturated rings. The maximum atomic E-state index is 2.60. The van der Waals surface area contributed by atoms with Gasteiger partial charge in [0.05, 0.1) is 6.16 Å². The average molecular weight is 477 g/mol. The molecule has 0 amide bonds. The van der Waals surface area contributed by atoms with Gasteiger partial charge in [-0.3, -0.25) is 0 Å². The fraction of sp³-hybridized carbons (Fsp3) is 0.286. The van der Waals surface area contributed by atoms with Crippen LogP contribution in [0.1, 0.15) is 26.7 Å². The van der Waals surface area contributed by atoms with E-state index >= 15 is 0 Å². The zero-order valence-corrected chi connectivity index (χ0v) is 20.3. The Labute approximate surface area is 192 Å². The molecule has 0 aliphatic heterocycles. The molecular weight excluding hydrogens is 447 g/mol. The van der Waals surface area contributed by atoms with Gasteiger partial charge < -0.3 is 17.0 Å². The van der Waals surface area contributed by atoms with Gasteiger partial charge in [-0.25, -0.2) is 0 Å². The number of hydrogen-bond acceptors (Lipinski definition) is 0. The van der Waals surface area contributed by atoms with Gasteiger partial charge in [0.1, 0.15) is 23.2 Å². The van der Waals surface area contributed by atoms with E-state index in [1.54, 1.807) is 5.57 Å². The maximum absolute atomic E-state index is 2.60. The molecule has 0 saturated heterocycles. The second-order valence-corrected chi connectivity index (χ2v) is 12.8. The monoisotopic (exact) mass is 476 g/mol. The molecule has 0 radical (unpaired) electrons. The Morgan fingerprint density at radius 1 is 0.733 bits per heavy atom. The lowest BCUT2D eigenvalue weighted by atomic mass is 9.49. The summed E-state index contributed by atoms with van der Waals surface area (Å²) in [7, 11) is -1.76. The van der Waals surface area contributed by atoms with Crippen LogP contribution in [0, 0.1) is 17.3 Å². The number of fused-ring (bicyclic) bond motifs is 1. The van der Waals surface area contributed by atoms with E-state index < -0.39 is 7.26 Å². The summed E-state index contributed by atoms with van der Waals surface area (Å²) in [6.45, 7) is 4.99. The molecule has 0 N–H and O–H groups in total. The van der Waals surface area contributed by atoms with Gasteiger partial charge in [0.15, 0.2) is 0 Å². The molecule has 0 nitrogen and oxygen atoms in total. The highest BCUT2D eigenvalue weighted by Crippen LogP contribution is 2.64. The molecule has 3 aliphatic carbocycles. The number of rotatable bonds is 5. The minimum Gasteiger partial charge on any atom is -1.00 e. The van der Waals surface area contributed by atoms with E-state index in [2.05, 4.69) is 111 Å². The summed E-state index contributed by atoms with van der Waals surface area (Å²) in [5.41, 5.74) is 2.17. The number of halogens is 1. The van der Waals surface area contributed by atoms with Crippen molar-refractivity contribution in [3.05, 3.63) is 103 Å². The van der Waals surface area contributed by atoms with Crippen LogP contribution in [0.4, 0.5) is 0 Å². The minimum atomic E-state index is -1.76. The molecule has 0 aromatic heterocycles. The van der Waals surface area contributed by atoms with Crippen molar-refractivity contribution in [2.24, 2.45) is 17.3 Å². The fourth-order valence-corrected chi connectivity index (χ4v) is 10.1. The average Bonchev–Trinajstić information content (AvgIpc) is 2.79. The number of benzene rings is 3. The van der Waals surface area contributed by atoms with E-state index in [-0.39, 0.29) is 17.0 Å². The highest BCUT2D eigenvalue weighted by Gasteiger charge is 2.55. The Morgan fingerprint density at radius 2 is 1.17 bits per heavy atom. The number of hydrogen-bond donors (Lipinski definition) is 0. The molecular formula is C28H30BrP. The third-order valence-electron chi connectivity index (χ3n) is 7.59. The van der Waals surface area contributed by atoms with Crippen LogP contribution in [0.15, 0.2) is 103 Å². The first-order chi connectivity index (χ1) is 14.1. The van der Waals surface area contributed by atoms with E-state index in [0.29, 0.717) is 5.41 Å². The van der Waals surface area contributed by atoms with Gasteiger partial charge in [0.2, 0.25) is 0 Å². The minimum absolute atomic E-state index is 0. The van der Waals surface area contributed by atoms with Crippen molar-refractivity contribution in [2.45, 2.75) is 26.7 Å². The van der Waals surface area contributed by atoms with Crippen molar-refractivity contribution in [3.8, 4) is 0 Å². The topological polar surface area (TPSA) is 0 Å². The Morgan fingerprint density at radius 3 is 1.53 bits per heavy atom. The molecule has 3 aliphatic rings. The van der Waals surface area contributed by atoms with Crippen LogP contribution >= 0.6 is 7.26 Å². The fourth-order valence-electron chi connectivity index (χ4n) is 5.70. The predicted molar refractivity (Wildman–Crippen MR) is 128 cm³/mol. The van der Waals surface area contributed by atoms with Crippen molar-refractivity contribution in [2.75, 3.05) is 6.16 Å². The standard InChI is InChI=1S/C28H30P.BrH/c1-28(2)23-19-18-22(27(28)20-23)21-29(24-12-6-3-7-13-24,25-14-8-4-9-15-25)26-16-10-5-11-17-26;/h3-18,23,27H,19-21H2,1-2H3;1H/q+1;/p-1. The molecule has 6 rings (SSSR count). The highest BCUT2D eigenvalue weighted by atomic mass is 79.9. The first-order valence-corrected chi connectivity index (χ1v) is 12.8. The van der Waals surface area contributed by atoms with Gasteiger partial charge in [0, 0.05) is 0 Å². The van der Waals surface area contributed by atoms with Crippen LogP contribution in [0.25, 0.3) is 0 Å². The van der Waals surface area contributed by atoms with Crippen molar-refractivity contribution in [1.82, 2.24) is 0 Å². The lowest BCUT2D eigenvalue weighted by Crippen LogP contribution is -3.00. The lowest BCUT2D eigenvalue weighted by Gasteiger charge is -2.56. The molecule has 3 aromatic rings. The Kier molecular flexibility index (Phi) is 6.06. The van der Waals surface area contributed by atoms with Gasteiger partial charge >= 0.3 is 0 Å². The quantitative estimate of drug-likeness (QED) is 0.392. The van der Waals surface area contributed by atoms with E-state index in [1.807, 2.05) is 0 Å². The third kappa shape index (κ3) is 3.41. The summed E-state index contributed by atoms with van der Waals surface area (Å²) in [6, 6.07) is 33.9. The summed E-state index contributed by atoms with van der Waals surface area (Å²) >= 11 is 0. The van der Waals surface area contributed by atoms with Crippen molar-refractivity contribution in [1.29, 1.82) is 0 Å². The molecule has 2 bridgehead atoms. The van der Waals surface area contributed by atoms with Crippen LogP contribution in [-0.2, 0) is 0 Å². The second-order valence-electron chi connectivity index (χ2n) is 9.30. The Bertz CT molecular complexity index is 912. The van der Waals surface area contributed by atoms with Crippen LogP contribution in [-0.4, -0.2) is 6.16 Å². The third-order valence-corrected chi connectivity index (χ3v) is 12.0. The van der Waals surface area contributed by atoms with E-state index in [0.717, 1.165) is 11.8 Å². The highest BCUT2D eigenvalue weighted by molar-refractivity contribution is 7.95. The smallest absolute Gasteiger partial charge is 0.116 e. The Hall–Kier alpha value is -1.69. The molecule has 3 aromatic carbocycles. The van der Waals surface area contributed by atoms with Gasteiger partial charge in [-0.15, -0.1) is 0 Å². The summed E-state index contributed by atoms with van der Waals surface area (Å²) in [5.74, 6) is 1.63. The zero-order chi connectivity index (χ0) is 19.9. The van der Waals surface area contributed by atoms with E-state index in [9.17, 15) is 0 Å². The molecule has 0 heterocycles.